The lowest BCUT2D eigenvalue weighted by atomic mass is 9.88. The summed E-state index contributed by atoms with van der Waals surface area (Å²) in [7, 11) is 1.57. The monoisotopic (exact) mass is 553 g/mol. The molecule has 4 rings (SSSR count). The van der Waals surface area contributed by atoms with Crippen LogP contribution < -0.4 is 15.4 Å². The highest BCUT2D eigenvalue weighted by Gasteiger charge is 2.50. The Labute approximate surface area is 234 Å². The Morgan fingerprint density at radius 1 is 1.12 bits per heavy atom. The second-order valence-corrected chi connectivity index (χ2v) is 11.3. The molecule has 2 aliphatic rings. The first-order chi connectivity index (χ1) is 19.1. The molecule has 4 unspecified atom stereocenters. The maximum Gasteiger partial charge on any atom is 0.290 e. The number of aryl methyl sites for hydroxylation is 1. The number of epoxide rings is 1. The van der Waals surface area contributed by atoms with Crippen LogP contribution in [0.5, 0.6) is 5.75 Å². The van der Waals surface area contributed by atoms with E-state index in [1.807, 2.05) is 12.1 Å². The summed E-state index contributed by atoms with van der Waals surface area (Å²) < 4.78 is 15.6. The molecule has 0 bridgehead atoms. The summed E-state index contributed by atoms with van der Waals surface area (Å²) in [5.74, 6) is -1.01. The lowest BCUT2D eigenvalue weighted by Gasteiger charge is -2.26. The Hall–Kier alpha value is -3.53. The average Bonchev–Trinajstić information content (AvgIpc) is 3.28. The lowest BCUT2D eigenvalue weighted by Crippen LogP contribution is -2.49. The van der Waals surface area contributed by atoms with Gasteiger partial charge in [0.2, 0.25) is 11.7 Å². The summed E-state index contributed by atoms with van der Waals surface area (Å²) in [5.41, 5.74) is 0.536. The fourth-order valence-corrected chi connectivity index (χ4v) is 5.29. The predicted molar refractivity (Wildman–Crippen MR) is 146 cm³/mol. The third-order valence-electron chi connectivity index (χ3n) is 8.02. The molecular formula is C30H39N3O7. The van der Waals surface area contributed by atoms with Crippen LogP contribution in [0.4, 0.5) is 0 Å². The zero-order chi connectivity index (χ0) is 28.9. The van der Waals surface area contributed by atoms with Gasteiger partial charge >= 0.3 is 0 Å². The summed E-state index contributed by atoms with van der Waals surface area (Å²) in [6.45, 7) is 5.36. The van der Waals surface area contributed by atoms with Gasteiger partial charge in [0.25, 0.3) is 5.91 Å². The molecule has 40 heavy (non-hydrogen) atoms. The van der Waals surface area contributed by atoms with Gasteiger partial charge in [-0.1, -0.05) is 43.0 Å². The fraction of sp³-hybridized carbons (Fsp3) is 0.567. The summed E-state index contributed by atoms with van der Waals surface area (Å²) >= 11 is 0. The number of hydrogen-bond donors (Lipinski definition) is 2. The Balaban J connectivity index is 1.49. The molecule has 1 aromatic heterocycles. The molecule has 2 aromatic rings. The molecule has 2 fully saturated rings. The first kappa shape index (κ1) is 29.5. The van der Waals surface area contributed by atoms with Crippen molar-refractivity contribution in [3.8, 4) is 5.75 Å². The zero-order valence-electron chi connectivity index (χ0n) is 23.7. The molecule has 1 aliphatic carbocycles. The van der Waals surface area contributed by atoms with Crippen LogP contribution in [0.1, 0.15) is 74.1 Å². The molecule has 0 radical (unpaired) electrons. The van der Waals surface area contributed by atoms with E-state index in [9.17, 15) is 19.2 Å². The largest absolute Gasteiger partial charge is 0.497 e. The fourth-order valence-electron chi connectivity index (χ4n) is 5.29. The van der Waals surface area contributed by atoms with Crippen LogP contribution >= 0.6 is 0 Å². The van der Waals surface area contributed by atoms with Crippen molar-refractivity contribution in [2.24, 2.45) is 11.8 Å². The maximum atomic E-state index is 13.7. The third kappa shape index (κ3) is 7.35. The number of amides is 2. The molecule has 1 saturated carbocycles. The Morgan fingerprint density at radius 3 is 2.38 bits per heavy atom. The molecule has 4 atom stereocenters. The van der Waals surface area contributed by atoms with Gasteiger partial charge < -0.3 is 24.6 Å². The van der Waals surface area contributed by atoms with Gasteiger partial charge in [-0.15, -0.1) is 0 Å². The molecule has 1 aliphatic heterocycles. The number of ketones is 2. The minimum Gasteiger partial charge on any atom is -0.497 e. The number of nitrogens with one attached hydrogen (secondary N) is 2. The minimum absolute atomic E-state index is 0.0382. The van der Waals surface area contributed by atoms with Crippen molar-refractivity contribution in [1.82, 2.24) is 15.8 Å². The standard InChI is InChI=1S/C30H39N3O7/c1-18-16-31-40-26(18)29(37)32-19(2)25(34)15-22(13-21-9-11-23(38-4)12-10-21)28(36)33-24(14-20-7-5-6-8-20)27(35)30(3)17-39-30/h9-12,16,19-20,22,24H,5-8,13-15,17H2,1-4H3,(H,32,37)(H,33,36). The first-order valence-electron chi connectivity index (χ1n) is 14.0. The number of benzene rings is 1. The highest BCUT2D eigenvalue weighted by molar-refractivity contribution is 5.99. The zero-order valence-corrected chi connectivity index (χ0v) is 23.7. The second-order valence-electron chi connectivity index (χ2n) is 11.3. The van der Waals surface area contributed by atoms with Gasteiger partial charge in [0.1, 0.15) is 11.4 Å². The van der Waals surface area contributed by atoms with Gasteiger partial charge in [0, 0.05) is 17.9 Å². The smallest absolute Gasteiger partial charge is 0.290 e. The molecule has 10 heteroatoms. The normalized spacial score (nSPS) is 20.8. The highest BCUT2D eigenvalue weighted by Crippen LogP contribution is 2.34. The number of nitrogens with zero attached hydrogens (tertiary/aromatic N) is 1. The van der Waals surface area contributed by atoms with Crippen molar-refractivity contribution in [2.45, 2.75) is 83.4 Å². The van der Waals surface area contributed by atoms with E-state index >= 15 is 0 Å². The van der Waals surface area contributed by atoms with E-state index in [-0.39, 0.29) is 36.1 Å². The van der Waals surface area contributed by atoms with Crippen LogP contribution in [-0.2, 0) is 25.5 Å². The van der Waals surface area contributed by atoms with Gasteiger partial charge in [-0.3, -0.25) is 19.2 Å². The van der Waals surface area contributed by atoms with E-state index in [1.165, 1.54) is 6.20 Å². The van der Waals surface area contributed by atoms with Gasteiger partial charge in [-0.25, -0.2) is 0 Å². The molecule has 2 N–H and O–H groups in total. The number of rotatable bonds is 14. The Morgan fingerprint density at radius 2 is 1.80 bits per heavy atom. The number of hydrogen-bond acceptors (Lipinski definition) is 8. The Bertz CT molecular complexity index is 1210. The van der Waals surface area contributed by atoms with Crippen molar-refractivity contribution in [3.05, 3.63) is 47.3 Å². The van der Waals surface area contributed by atoms with E-state index < -0.39 is 29.5 Å². The van der Waals surface area contributed by atoms with Gasteiger partial charge in [-0.05, 0) is 57.2 Å². The summed E-state index contributed by atoms with van der Waals surface area (Å²) in [6.07, 6.45) is 6.47. The molecule has 10 nitrogen and oxygen atoms in total. The van der Waals surface area contributed by atoms with E-state index in [0.717, 1.165) is 31.2 Å². The molecule has 216 valence electrons. The average molecular weight is 554 g/mol. The maximum absolute atomic E-state index is 13.7. The topological polar surface area (TPSA) is 140 Å². The molecule has 2 heterocycles. The first-order valence-corrected chi connectivity index (χ1v) is 14.0. The summed E-state index contributed by atoms with van der Waals surface area (Å²) in [6, 6.07) is 5.75. The van der Waals surface area contributed by atoms with Crippen molar-refractivity contribution in [3.63, 3.8) is 0 Å². The molecule has 0 spiro atoms. The quantitative estimate of drug-likeness (QED) is 0.340. The Kier molecular flexibility index (Phi) is 9.40. The molecule has 1 aromatic carbocycles. The number of aromatic nitrogens is 1. The van der Waals surface area contributed by atoms with Crippen molar-refractivity contribution in [2.75, 3.05) is 13.7 Å². The summed E-state index contributed by atoms with van der Waals surface area (Å²) in [4.78, 5) is 52.9. The van der Waals surface area contributed by atoms with Gasteiger partial charge in [0.05, 0.1) is 32.0 Å². The van der Waals surface area contributed by atoms with E-state index in [1.54, 1.807) is 40.0 Å². The second kappa shape index (κ2) is 12.8. The van der Waals surface area contributed by atoms with Crippen molar-refractivity contribution in [1.29, 1.82) is 0 Å². The minimum atomic E-state index is -0.866. The van der Waals surface area contributed by atoms with Crippen LogP contribution in [-0.4, -0.2) is 59.9 Å². The number of methoxy groups -OCH3 is 1. The van der Waals surface area contributed by atoms with Crippen LogP contribution in [0.3, 0.4) is 0 Å². The number of ether oxygens (including phenoxy) is 2. The van der Waals surface area contributed by atoms with Crippen LogP contribution in [0.15, 0.2) is 35.0 Å². The predicted octanol–water partition coefficient (Wildman–Crippen LogP) is 3.35. The molecule has 1 saturated heterocycles. The number of carbonyl (C=O) groups excluding carboxylic acids is 4. The lowest BCUT2D eigenvalue weighted by molar-refractivity contribution is -0.134. The van der Waals surface area contributed by atoms with E-state index in [4.69, 9.17) is 14.0 Å². The van der Waals surface area contributed by atoms with Crippen molar-refractivity contribution < 1.29 is 33.2 Å². The number of Topliss-reactive ketones (excluding diaryl/α,β-unsaturated/α-hetero) is 2. The van der Waals surface area contributed by atoms with Gasteiger partial charge in [0.15, 0.2) is 11.6 Å². The van der Waals surface area contributed by atoms with Crippen LogP contribution in [0.2, 0.25) is 0 Å². The summed E-state index contributed by atoms with van der Waals surface area (Å²) in [5, 5.41) is 9.24. The van der Waals surface area contributed by atoms with Crippen LogP contribution in [0.25, 0.3) is 0 Å². The molecule has 2 amide bonds. The van der Waals surface area contributed by atoms with E-state index in [2.05, 4.69) is 15.8 Å². The molecular weight excluding hydrogens is 514 g/mol. The number of carbonyl (C=O) groups is 4. The third-order valence-corrected chi connectivity index (χ3v) is 8.02. The van der Waals surface area contributed by atoms with Crippen LogP contribution in [0, 0.1) is 18.8 Å². The van der Waals surface area contributed by atoms with E-state index in [0.29, 0.717) is 30.3 Å². The SMILES string of the molecule is COc1ccc(CC(CC(=O)C(C)NC(=O)c2oncc2C)C(=O)NC(CC2CCCC2)C(=O)C2(C)CO2)cc1. The van der Waals surface area contributed by atoms with Crippen molar-refractivity contribution >= 4 is 23.4 Å². The highest BCUT2D eigenvalue weighted by atomic mass is 16.6. The van der Waals surface area contributed by atoms with Gasteiger partial charge in [-0.2, -0.15) is 0 Å².